The van der Waals surface area contributed by atoms with E-state index in [4.69, 9.17) is 0 Å². The molecule has 0 N–H and O–H groups in total. The molecule has 0 aromatic heterocycles. The van der Waals surface area contributed by atoms with Crippen molar-refractivity contribution in [1.82, 2.24) is 19.6 Å². The predicted octanol–water partition coefficient (Wildman–Crippen LogP) is -1.32. The van der Waals surface area contributed by atoms with Crippen molar-refractivity contribution in [3.8, 4) is 0 Å². The van der Waals surface area contributed by atoms with Crippen molar-refractivity contribution in [3.05, 3.63) is 0 Å². The van der Waals surface area contributed by atoms with Crippen LogP contribution in [0.2, 0.25) is 0 Å². The maximum absolute atomic E-state index is 9.98. The van der Waals surface area contributed by atoms with Crippen molar-refractivity contribution in [3.63, 3.8) is 0 Å². The third-order valence-electron chi connectivity index (χ3n) is 4.09. The molecule has 0 fully saturated rings. The van der Waals surface area contributed by atoms with Gasteiger partial charge in [-0.1, -0.05) is 0 Å². The molecule has 0 rings (SSSR count). The van der Waals surface area contributed by atoms with Crippen molar-refractivity contribution in [2.45, 2.75) is 55.4 Å². The van der Waals surface area contributed by atoms with E-state index in [1.807, 2.05) is 0 Å². The van der Waals surface area contributed by atoms with E-state index < -0.39 is 24.4 Å². The molecule has 0 aliphatic heterocycles. The van der Waals surface area contributed by atoms with Gasteiger partial charge in [-0.15, -0.1) is 0 Å². The van der Waals surface area contributed by atoms with Gasteiger partial charge in [0.05, 0.1) is 0 Å². The zero-order chi connectivity index (χ0) is 26.3. The number of carbonyl (C=O) groups excluding carboxylic acids is 4. The molecule has 33 heavy (non-hydrogen) atoms. The van der Waals surface area contributed by atoms with Crippen LogP contribution in [0.25, 0.3) is 0 Å². The standard InChI is InChI=1S/4C5H11NO2.Hf/c4*1-3-6(4-2)5(7)8;/h4*3-4H2,1-2H3,(H,7,8);/q;;;;+4/p-4. The molecular formula is C20H40HfN4O8. The van der Waals surface area contributed by atoms with Crippen LogP contribution in [0.15, 0.2) is 0 Å². The summed E-state index contributed by atoms with van der Waals surface area (Å²) in [6, 6.07) is 0. The van der Waals surface area contributed by atoms with Crippen LogP contribution in [0, 0.1) is 0 Å². The Morgan fingerprint density at radius 3 is 0.485 bits per heavy atom. The molecule has 4 amide bonds. The molecule has 0 aromatic carbocycles. The Labute approximate surface area is 216 Å². The summed E-state index contributed by atoms with van der Waals surface area (Å²) >= 11 is 0. The molecule has 192 valence electrons. The second-order valence-corrected chi connectivity index (χ2v) is 5.75. The van der Waals surface area contributed by atoms with Gasteiger partial charge in [0.15, 0.2) is 0 Å². The Morgan fingerprint density at radius 2 is 0.485 bits per heavy atom. The predicted molar refractivity (Wildman–Crippen MR) is 113 cm³/mol. The SMILES string of the molecule is CCN(CC)C(=O)[O-].CCN(CC)C(=O)[O-].CCN(CC)C(=O)[O-].CCN(CC)C(=O)[O-].[Hf+4]. The van der Waals surface area contributed by atoms with Gasteiger partial charge in [-0.05, 0) is 55.4 Å². The number of hydrogen-bond acceptors (Lipinski definition) is 8. The fourth-order valence-corrected chi connectivity index (χ4v) is 1.93. The van der Waals surface area contributed by atoms with Crippen LogP contribution < -0.4 is 20.4 Å². The fourth-order valence-electron chi connectivity index (χ4n) is 1.93. The van der Waals surface area contributed by atoms with Gasteiger partial charge in [0.25, 0.3) is 0 Å². The van der Waals surface area contributed by atoms with Gasteiger partial charge < -0.3 is 59.2 Å². The molecule has 13 heteroatoms. The maximum atomic E-state index is 9.98. The van der Waals surface area contributed by atoms with Gasteiger partial charge >= 0.3 is 25.8 Å². The third-order valence-corrected chi connectivity index (χ3v) is 4.09. The Kier molecular flexibility index (Phi) is 35.0. The zero-order valence-corrected chi connectivity index (χ0v) is 24.8. The average Bonchev–Trinajstić information content (AvgIpc) is 2.72. The van der Waals surface area contributed by atoms with Crippen LogP contribution >= 0.6 is 0 Å². The molecular weight excluding hydrogens is 603 g/mol. The Balaban J connectivity index is -0.000000105. The van der Waals surface area contributed by atoms with E-state index >= 15 is 0 Å². The van der Waals surface area contributed by atoms with E-state index in [1.54, 1.807) is 55.4 Å². The summed E-state index contributed by atoms with van der Waals surface area (Å²) in [6.07, 6.45) is -4.35. The Bertz CT molecular complexity index is 408. The molecule has 0 aliphatic rings. The monoisotopic (exact) mass is 644 g/mol. The van der Waals surface area contributed by atoms with Gasteiger partial charge in [-0.3, -0.25) is 0 Å². The summed E-state index contributed by atoms with van der Waals surface area (Å²) in [4.78, 5) is 44.8. The molecule has 0 heterocycles. The van der Waals surface area contributed by atoms with Crippen LogP contribution in [0.3, 0.4) is 0 Å². The van der Waals surface area contributed by atoms with Gasteiger partial charge in [-0.25, -0.2) is 0 Å². The van der Waals surface area contributed by atoms with Crippen molar-refractivity contribution >= 4 is 24.4 Å². The molecule has 0 bridgehead atoms. The molecule has 0 aliphatic carbocycles. The first-order valence-electron chi connectivity index (χ1n) is 10.7. The Hall–Kier alpha value is -2.05. The quantitative estimate of drug-likeness (QED) is 0.293. The van der Waals surface area contributed by atoms with Crippen LogP contribution in [0.5, 0.6) is 0 Å². The topological polar surface area (TPSA) is 173 Å². The first-order chi connectivity index (χ1) is 14.9. The number of rotatable bonds is 8. The second-order valence-electron chi connectivity index (χ2n) is 5.75. The van der Waals surface area contributed by atoms with E-state index in [2.05, 4.69) is 0 Å². The van der Waals surface area contributed by atoms with E-state index in [1.165, 1.54) is 19.6 Å². The minimum absolute atomic E-state index is 0. The number of amides is 4. The van der Waals surface area contributed by atoms with Crippen molar-refractivity contribution in [1.29, 1.82) is 0 Å². The van der Waals surface area contributed by atoms with E-state index in [0.29, 0.717) is 52.4 Å². The summed E-state index contributed by atoms with van der Waals surface area (Å²) < 4.78 is 0. The summed E-state index contributed by atoms with van der Waals surface area (Å²) in [7, 11) is 0. The van der Waals surface area contributed by atoms with Gasteiger partial charge in [0, 0.05) is 52.4 Å². The summed E-state index contributed by atoms with van der Waals surface area (Å²) in [6.45, 7) is 18.3. The van der Waals surface area contributed by atoms with Crippen LogP contribution in [0.1, 0.15) is 55.4 Å². The molecule has 12 nitrogen and oxygen atoms in total. The first-order valence-corrected chi connectivity index (χ1v) is 10.7. The minimum Gasteiger partial charge on any atom is -0.530 e. The normalized spacial score (nSPS) is 8.48. The van der Waals surface area contributed by atoms with Gasteiger partial charge in [0.1, 0.15) is 24.4 Å². The zero-order valence-electron chi connectivity index (χ0n) is 21.2. The largest absolute Gasteiger partial charge is 4.00 e. The maximum Gasteiger partial charge on any atom is 4.00 e. The molecule has 0 saturated carbocycles. The van der Waals surface area contributed by atoms with Crippen LogP contribution in [0.4, 0.5) is 19.2 Å². The average molecular weight is 643 g/mol. The smallest absolute Gasteiger partial charge is 0.530 e. The van der Waals surface area contributed by atoms with Gasteiger partial charge in [-0.2, -0.15) is 0 Å². The molecule has 0 atom stereocenters. The molecule has 0 saturated heterocycles. The van der Waals surface area contributed by atoms with E-state index in [9.17, 15) is 39.6 Å². The number of hydrogen-bond donors (Lipinski definition) is 0. The summed E-state index contributed by atoms with van der Waals surface area (Å²) in [5, 5.41) is 39.9. The molecule has 0 radical (unpaired) electrons. The number of nitrogens with zero attached hydrogens (tertiary/aromatic N) is 4. The fraction of sp³-hybridized carbons (Fsp3) is 0.800. The molecule has 0 aromatic rings. The van der Waals surface area contributed by atoms with Crippen molar-refractivity contribution in [2.24, 2.45) is 0 Å². The first kappa shape index (κ1) is 41.2. The van der Waals surface area contributed by atoms with E-state index in [-0.39, 0.29) is 25.8 Å². The molecule has 0 spiro atoms. The van der Waals surface area contributed by atoms with E-state index in [0.717, 1.165) is 0 Å². The Morgan fingerprint density at radius 1 is 0.394 bits per heavy atom. The number of carbonyl (C=O) groups is 4. The van der Waals surface area contributed by atoms with Gasteiger partial charge in [0.2, 0.25) is 0 Å². The van der Waals surface area contributed by atoms with Crippen LogP contribution in [-0.2, 0) is 25.8 Å². The molecule has 0 unspecified atom stereocenters. The number of carboxylic acid groups (broad SMARTS) is 4. The second kappa shape index (κ2) is 28.0. The third kappa shape index (κ3) is 26.1. The van der Waals surface area contributed by atoms with Crippen molar-refractivity contribution in [2.75, 3.05) is 52.4 Å². The van der Waals surface area contributed by atoms with Crippen molar-refractivity contribution < 1.29 is 65.4 Å². The summed E-state index contributed by atoms with van der Waals surface area (Å²) in [5.41, 5.74) is 0. The van der Waals surface area contributed by atoms with Crippen LogP contribution in [-0.4, -0.2) is 96.3 Å². The summed E-state index contributed by atoms with van der Waals surface area (Å²) in [5.74, 6) is 0. The minimum atomic E-state index is -1.09.